The molecule has 0 unspecified atom stereocenters. The molecule has 6 nitrogen and oxygen atoms in total. The number of hydrogen-bond donors (Lipinski definition) is 4. The van der Waals surface area contributed by atoms with Crippen molar-refractivity contribution >= 4 is 11.7 Å². The van der Waals surface area contributed by atoms with Crippen molar-refractivity contribution in [3.05, 3.63) is 24.3 Å². The Bertz CT molecular complexity index is 517. The lowest BCUT2D eigenvalue weighted by atomic mass is 9.90. The van der Waals surface area contributed by atoms with Gasteiger partial charge in [-0.2, -0.15) is 0 Å². The van der Waals surface area contributed by atoms with Crippen molar-refractivity contribution in [3.63, 3.8) is 0 Å². The summed E-state index contributed by atoms with van der Waals surface area (Å²) >= 11 is 0. The van der Waals surface area contributed by atoms with Crippen LogP contribution < -0.4 is 5.32 Å². The van der Waals surface area contributed by atoms with Gasteiger partial charge in [0.05, 0.1) is 18.8 Å². The number of ketones is 1. The lowest BCUT2D eigenvalue weighted by Crippen LogP contribution is -2.25. The lowest BCUT2D eigenvalue weighted by Gasteiger charge is -2.17. The van der Waals surface area contributed by atoms with Gasteiger partial charge in [0.2, 0.25) is 5.91 Å². The molecule has 0 heterocycles. The van der Waals surface area contributed by atoms with Crippen LogP contribution >= 0.6 is 0 Å². The molecule has 4 atom stereocenters. The van der Waals surface area contributed by atoms with Gasteiger partial charge >= 0.3 is 0 Å². The van der Waals surface area contributed by atoms with Gasteiger partial charge in [0.15, 0.2) is 0 Å². The first kappa shape index (κ1) is 24.5. The third-order valence-corrected chi connectivity index (χ3v) is 5.17. The average Bonchev–Trinajstić information content (AvgIpc) is 2.94. The summed E-state index contributed by atoms with van der Waals surface area (Å²) in [6.07, 6.45) is 12.8. The summed E-state index contributed by atoms with van der Waals surface area (Å²) in [6, 6.07) is 0. The summed E-state index contributed by atoms with van der Waals surface area (Å²) in [4.78, 5) is 23.6. The minimum Gasteiger partial charge on any atom is -0.395 e. The first-order chi connectivity index (χ1) is 13.5. The number of allylic oxidation sites excluding steroid dienone is 3. The van der Waals surface area contributed by atoms with E-state index in [1.807, 2.05) is 12.2 Å². The average molecular weight is 396 g/mol. The molecule has 1 aliphatic rings. The number of amides is 1. The number of rotatable bonds is 14. The molecule has 160 valence electrons. The van der Waals surface area contributed by atoms with E-state index >= 15 is 0 Å². The van der Waals surface area contributed by atoms with Crippen LogP contribution in [0.2, 0.25) is 0 Å². The van der Waals surface area contributed by atoms with Crippen LogP contribution in [0, 0.1) is 11.8 Å². The number of aliphatic hydroxyl groups excluding tert-OH is 3. The Morgan fingerprint density at radius 2 is 2.07 bits per heavy atom. The molecule has 1 aliphatic carbocycles. The van der Waals surface area contributed by atoms with Gasteiger partial charge in [-0.3, -0.25) is 9.59 Å². The number of carbonyl (C=O) groups is 2. The molecule has 0 bridgehead atoms. The standard InChI is InChI=1S/C22H37NO5/c1-2-3-6-9-17(25)12-13-19-18(20(26)16-21(19)27)10-7-4-5-8-11-22(28)23-14-15-24/h4,7,12-13,17-20,24-26H,2-3,5-6,8-11,14-16H2,1H3,(H,23,28)/b7-4-,13-12+/t17-,18+,19-,20-/m1/s1. The molecule has 0 aromatic heterocycles. The molecule has 4 N–H and O–H groups in total. The van der Waals surface area contributed by atoms with Crippen molar-refractivity contribution in [1.29, 1.82) is 0 Å². The lowest BCUT2D eigenvalue weighted by molar-refractivity contribution is -0.121. The van der Waals surface area contributed by atoms with Crippen molar-refractivity contribution in [2.45, 2.75) is 76.9 Å². The number of carbonyl (C=O) groups excluding carboxylic acids is 2. The molecule has 1 saturated carbocycles. The highest BCUT2D eigenvalue weighted by Gasteiger charge is 2.39. The van der Waals surface area contributed by atoms with Crippen LogP contribution in [0.1, 0.15) is 64.7 Å². The van der Waals surface area contributed by atoms with E-state index in [1.54, 1.807) is 12.2 Å². The summed E-state index contributed by atoms with van der Waals surface area (Å²) in [5.41, 5.74) is 0. The van der Waals surface area contributed by atoms with E-state index in [9.17, 15) is 19.8 Å². The molecule has 0 spiro atoms. The second-order valence-electron chi connectivity index (χ2n) is 7.55. The second-order valence-corrected chi connectivity index (χ2v) is 7.55. The van der Waals surface area contributed by atoms with Gasteiger partial charge in [-0.15, -0.1) is 0 Å². The fourth-order valence-corrected chi connectivity index (χ4v) is 3.51. The first-order valence-corrected chi connectivity index (χ1v) is 10.6. The van der Waals surface area contributed by atoms with E-state index < -0.39 is 12.2 Å². The molecule has 0 saturated heterocycles. The second kappa shape index (κ2) is 14.5. The van der Waals surface area contributed by atoms with Crippen molar-refractivity contribution in [3.8, 4) is 0 Å². The van der Waals surface area contributed by atoms with E-state index in [1.165, 1.54) is 0 Å². The van der Waals surface area contributed by atoms with Crippen LogP contribution in [0.5, 0.6) is 0 Å². The van der Waals surface area contributed by atoms with E-state index in [-0.39, 0.29) is 43.1 Å². The summed E-state index contributed by atoms with van der Waals surface area (Å²) in [5.74, 6) is -0.536. The Morgan fingerprint density at radius 1 is 1.29 bits per heavy atom. The molecule has 1 rings (SSSR count). The van der Waals surface area contributed by atoms with Crippen LogP contribution in [0.15, 0.2) is 24.3 Å². The Morgan fingerprint density at radius 3 is 2.79 bits per heavy atom. The van der Waals surface area contributed by atoms with Gasteiger partial charge in [0, 0.05) is 31.2 Å². The molecular weight excluding hydrogens is 358 g/mol. The highest BCUT2D eigenvalue weighted by Crippen LogP contribution is 2.33. The molecular formula is C22H37NO5. The Balaban J connectivity index is 2.40. The molecule has 0 radical (unpaired) electrons. The minimum atomic E-state index is -0.645. The van der Waals surface area contributed by atoms with E-state index in [2.05, 4.69) is 12.2 Å². The highest BCUT2D eigenvalue weighted by molar-refractivity contribution is 5.86. The third-order valence-electron chi connectivity index (χ3n) is 5.17. The number of aliphatic hydroxyl groups is 3. The van der Waals surface area contributed by atoms with Gasteiger partial charge in [-0.25, -0.2) is 0 Å². The van der Waals surface area contributed by atoms with Crippen LogP contribution in [0.3, 0.4) is 0 Å². The molecule has 0 aromatic rings. The van der Waals surface area contributed by atoms with Crippen molar-refractivity contribution < 1.29 is 24.9 Å². The Labute approximate surface area is 168 Å². The zero-order chi connectivity index (χ0) is 20.8. The maximum absolute atomic E-state index is 12.2. The van der Waals surface area contributed by atoms with Crippen LogP contribution in [0.4, 0.5) is 0 Å². The SMILES string of the molecule is CCCCC[C@@H](O)/C=C/[C@H]1C(=O)C[C@@H](O)[C@H]1C/C=C\CCCC(=O)NCCO. The summed E-state index contributed by atoms with van der Waals surface area (Å²) < 4.78 is 0. The van der Waals surface area contributed by atoms with Gasteiger partial charge in [0.1, 0.15) is 5.78 Å². The number of Topliss-reactive ketones (excluding diaryl/α,β-unsaturated/α-hetero) is 1. The normalized spacial score (nSPS) is 23.7. The number of unbranched alkanes of at least 4 members (excludes halogenated alkanes) is 3. The van der Waals surface area contributed by atoms with Gasteiger partial charge < -0.3 is 20.6 Å². The quantitative estimate of drug-likeness (QED) is 0.267. The zero-order valence-corrected chi connectivity index (χ0v) is 17.1. The highest BCUT2D eigenvalue weighted by atomic mass is 16.3. The molecule has 0 aliphatic heterocycles. The zero-order valence-electron chi connectivity index (χ0n) is 17.1. The molecule has 0 aromatic carbocycles. The predicted octanol–water partition coefficient (Wildman–Crippen LogP) is 2.28. The van der Waals surface area contributed by atoms with Gasteiger partial charge in [-0.05, 0) is 25.7 Å². The summed E-state index contributed by atoms with van der Waals surface area (Å²) in [7, 11) is 0. The fraction of sp³-hybridized carbons (Fsp3) is 0.727. The maximum Gasteiger partial charge on any atom is 0.220 e. The van der Waals surface area contributed by atoms with E-state index in [0.717, 1.165) is 25.7 Å². The summed E-state index contributed by atoms with van der Waals surface area (Å²) in [5, 5.41) is 31.5. The third kappa shape index (κ3) is 9.62. The van der Waals surface area contributed by atoms with Crippen molar-refractivity contribution in [2.75, 3.05) is 13.2 Å². The Kier molecular flexibility index (Phi) is 12.7. The largest absolute Gasteiger partial charge is 0.395 e. The first-order valence-electron chi connectivity index (χ1n) is 10.6. The summed E-state index contributed by atoms with van der Waals surface area (Å²) in [6.45, 7) is 2.34. The predicted molar refractivity (Wildman–Crippen MR) is 110 cm³/mol. The molecule has 1 amide bonds. The maximum atomic E-state index is 12.2. The molecule has 1 fully saturated rings. The monoisotopic (exact) mass is 395 g/mol. The van der Waals surface area contributed by atoms with E-state index in [0.29, 0.717) is 25.7 Å². The van der Waals surface area contributed by atoms with Gasteiger partial charge in [0.25, 0.3) is 0 Å². The Hall–Kier alpha value is -1.50. The van der Waals surface area contributed by atoms with Crippen molar-refractivity contribution in [2.24, 2.45) is 11.8 Å². The fourth-order valence-electron chi connectivity index (χ4n) is 3.51. The molecule has 6 heteroatoms. The topological polar surface area (TPSA) is 107 Å². The van der Waals surface area contributed by atoms with E-state index in [4.69, 9.17) is 5.11 Å². The smallest absolute Gasteiger partial charge is 0.220 e. The van der Waals surface area contributed by atoms with Crippen molar-refractivity contribution in [1.82, 2.24) is 5.32 Å². The number of nitrogens with one attached hydrogen (secondary N) is 1. The molecule has 28 heavy (non-hydrogen) atoms. The minimum absolute atomic E-state index is 0.0310. The van der Waals surface area contributed by atoms with Crippen LogP contribution in [0.25, 0.3) is 0 Å². The van der Waals surface area contributed by atoms with Gasteiger partial charge in [-0.1, -0.05) is 50.5 Å². The number of hydrogen-bond acceptors (Lipinski definition) is 5. The van der Waals surface area contributed by atoms with Crippen LogP contribution in [-0.2, 0) is 9.59 Å². The van der Waals surface area contributed by atoms with Crippen LogP contribution in [-0.4, -0.2) is 52.4 Å².